The Morgan fingerprint density at radius 2 is 2.12 bits per heavy atom. The third-order valence-electron chi connectivity index (χ3n) is 4.12. The Morgan fingerprint density at radius 1 is 1.38 bits per heavy atom. The molecular weight excluding hydrogens is 360 g/mol. The Kier molecular flexibility index (Phi) is 5.53. The van der Waals surface area contributed by atoms with Crippen molar-refractivity contribution in [3.8, 4) is 11.6 Å². The van der Waals surface area contributed by atoms with Gasteiger partial charge >= 0.3 is 11.6 Å². The minimum Gasteiger partial charge on any atom is -0.434 e. The Morgan fingerprint density at radius 3 is 2.73 bits per heavy atom. The van der Waals surface area contributed by atoms with Crippen LogP contribution in [0.2, 0.25) is 5.02 Å². The smallest absolute Gasteiger partial charge is 0.373 e. The first-order valence-electron chi connectivity index (χ1n) is 8.25. The second-order valence-electron chi connectivity index (χ2n) is 6.12. The molecular formula is C17H19ClN4O4. The number of aromatic nitrogens is 2. The van der Waals surface area contributed by atoms with E-state index in [1.165, 1.54) is 6.33 Å². The van der Waals surface area contributed by atoms with Crippen molar-refractivity contribution in [2.45, 2.75) is 32.8 Å². The van der Waals surface area contributed by atoms with E-state index in [0.717, 1.165) is 24.0 Å². The lowest BCUT2D eigenvalue weighted by Crippen LogP contribution is -2.19. The summed E-state index contributed by atoms with van der Waals surface area (Å²) in [6.07, 6.45) is 3.16. The van der Waals surface area contributed by atoms with Crippen LogP contribution < -0.4 is 10.1 Å². The second kappa shape index (κ2) is 7.84. The molecule has 1 fully saturated rings. The molecule has 1 aliphatic heterocycles. The zero-order valence-electron chi connectivity index (χ0n) is 14.5. The Hall–Kier alpha value is -2.45. The van der Waals surface area contributed by atoms with Gasteiger partial charge in [0.15, 0.2) is 0 Å². The van der Waals surface area contributed by atoms with Crippen LogP contribution in [-0.4, -0.2) is 34.1 Å². The van der Waals surface area contributed by atoms with Crippen LogP contribution in [0.5, 0.6) is 11.6 Å². The number of anilines is 1. The molecule has 0 spiro atoms. The summed E-state index contributed by atoms with van der Waals surface area (Å²) in [6, 6.07) is 3.42. The summed E-state index contributed by atoms with van der Waals surface area (Å²) in [5, 5.41) is 15.2. The number of halogens is 1. The number of hydrogen-bond acceptors (Lipinski definition) is 7. The van der Waals surface area contributed by atoms with Crippen molar-refractivity contribution < 1.29 is 14.4 Å². The highest BCUT2D eigenvalue weighted by atomic mass is 35.5. The molecule has 1 unspecified atom stereocenters. The average Bonchev–Trinajstić information content (AvgIpc) is 3.11. The predicted molar refractivity (Wildman–Crippen MR) is 97.2 cm³/mol. The third kappa shape index (κ3) is 4.03. The maximum atomic E-state index is 11.6. The number of nitrogens with zero attached hydrogens (tertiary/aromatic N) is 3. The molecule has 1 atom stereocenters. The molecule has 1 N–H and O–H groups in total. The summed E-state index contributed by atoms with van der Waals surface area (Å²) >= 11 is 6.15. The Bertz CT molecular complexity index is 801. The van der Waals surface area contributed by atoms with Gasteiger partial charge in [0, 0.05) is 18.2 Å². The molecule has 0 radical (unpaired) electrons. The van der Waals surface area contributed by atoms with Gasteiger partial charge in [-0.05, 0) is 49.9 Å². The highest BCUT2D eigenvalue weighted by Crippen LogP contribution is 2.35. The van der Waals surface area contributed by atoms with Crippen LogP contribution in [0.4, 0.5) is 11.5 Å². The van der Waals surface area contributed by atoms with Gasteiger partial charge in [-0.15, -0.1) is 0 Å². The van der Waals surface area contributed by atoms with E-state index in [9.17, 15) is 10.1 Å². The molecule has 1 aromatic carbocycles. The van der Waals surface area contributed by atoms with Gasteiger partial charge in [0.25, 0.3) is 0 Å². The SMILES string of the molecule is Cc1cc(Oc2ncnc(NCC3CCCO3)c2[N+](=O)[O-])cc(C)c1Cl. The molecule has 0 saturated carbocycles. The van der Waals surface area contributed by atoms with Crippen LogP contribution in [0.1, 0.15) is 24.0 Å². The fraction of sp³-hybridized carbons (Fsp3) is 0.412. The zero-order chi connectivity index (χ0) is 18.7. The number of ether oxygens (including phenoxy) is 2. The van der Waals surface area contributed by atoms with E-state index in [2.05, 4.69) is 15.3 Å². The fourth-order valence-corrected chi connectivity index (χ4v) is 2.93. The lowest BCUT2D eigenvalue weighted by molar-refractivity contribution is -0.385. The molecule has 9 heteroatoms. The maximum absolute atomic E-state index is 11.6. The van der Waals surface area contributed by atoms with Gasteiger partial charge in [-0.25, -0.2) is 4.98 Å². The monoisotopic (exact) mass is 378 g/mol. The van der Waals surface area contributed by atoms with E-state index in [0.29, 0.717) is 23.9 Å². The van der Waals surface area contributed by atoms with Gasteiger partial charge in [-0.1, -0.05) is 11.6 Å². The topological polar surface area (TPSA) is 99.4 Å². The number of benzene rings is 1. The van der Waals surface area contributed by atoms with Gasteiger partial charge in [0.2, 0.25) is 5.82 Å². The Labute approximate surface area is 155 Å². The van der Waals surface area contributed by atoms with Crippen LogP contribution in [-0.2, 0) is 4.74 Å². The number of nitrogens with one attached hydrogen (secondary N) is 1. The van der Waals surface area contributed by atoms with Crippen molar-refractivity contribution in [2.24, 2.45) is 0 Å². The number of aryl methyl sites for hydroxylation is 2. The zero-order valence-corrected chi connectivity index (χ0v) is 15.2. The van der Waals surface area contributed by atoms with Crippen LogP contribution in [0.25, 0.3) is 0 Å². The highest BCUT2D eigenvalue weighted by Gasteiger charge is 2.26. The molecule has 1 aliphatic rings. The summed E-state index contributed by atoms with van der Waals surface area (Å²) in [7, 11) is 0. The minimum atomic E-state index is -0.553. The fourth-order valence-electron chi connectivity index (χ4n) is 2.82. The molecule has 1 aromatic heterocycles. The lowest BCUT2D eigenvalue weighted by atomic mass is 10.1. The summed E-state index contributed by atoms with van der Waals surface area (Å²) in [4.78, 5) is 18.9. The molecule has 0 aliphatic carbocycles. The van der Waals surface area contributed by atoms with Crippen molar-refractivity contribution in [1.29, 1.82) is 0 Å². The van der Waals surface area contributed by atoms with Gasteiger partial charge < -0.3 is 14.8 Å². The van der Waals surface area contributed by atoms with E-state index in [1.54, 1.807) is 12.1 Å². The number of nitro groups is 1. The van der Waals surface area contributed by atoms with Crippen molar-refractivity contribution in [3.05, 3.63) is 44.7 Å². The summed E-state index contributed by atoms with van der Waals surface area (Å²) in [5.74, 6) is 0.412. The number of hydrogen-bond donors (Lipinski definition) is 1. The van der Waals surface area contributed by atoms with E-state index >= 15 is 0 Å². The molecule has 2 aromatic rings. The largest absolute Gasteiger partial charge is 0.434 e. The van der Waals surface area contributed by atoms with E-state index < -0.39 is 4.92 Å². The van der Waals surface area contributed by atoms with Crippen LogP contribution in [0.3, 0.4) is 0 Å². The molecule has 3 rings (SSSR count). The van der Waals surface area contributed by atoms with Crippen molar-refractivity contribution in [2.75, 3.05) is 18.5 Å². The quantitative estimate of drug-likeness (QED) is 0.598. The van der Waals surface area contributed by atoms with Crippen molar-refractivity contribution in [3.63, 3.8) is 0 Å². The van der Waals surface area contributed by atoms with E-state index in [4.69, 9.17) is 21.1 Å². The second-order valence-corrected chi connectivity index (χ2v) is 6.50. The van der Waals surface area contributed by atoms with Gasteiger partial charge in [0.05, 0.1) is 11.0 Å². The summed E-state index contributed by atoms with van der Waals surface area (Å²) < 4.78 is 11.2. The molecule has 8 nitrogen and oxygen atoms in total. The molecule has 2 heterocycles. The van der Waals surface area contributed by atoms with E-state index in [-0.39, 0.29) is 23.5 Å². The van der Waals surface area contributed by atoms with Crippen LogP contribution in [0.15, 0.2) is 18.5 Å². The normalized spacial score (nSPS) is 16.5. The van der Waals surface area contributed by atoms with E-state index in [1.807, 2.05) is 13.8 Å². The van der Waals surface area contributed by atoms with Crippen molar-refractivity contribution in [1.82, 2.24) is 9.97 Å². The van der Waals surface area contributed by atoms with Gasteiger partial charge in [-0.2, -0.15) is 4.98 Å². The highest BCUT2D eigenvalue weighted by molar-refractivity contribution is 6.32. The third-order valence-corrected chi connectivity index (χ3v) is 4.71. The lowest BCUT2D eigenvalue weighted by Gasteiger charge is -2.13. The standard InChI is InChI=1S/C17H19ClN4O4/c1-10-6-13(7-11(2)14(10)18)26-17-15(22(23)24)16(20-9-21-17)19-8-12-4-3-5-25-12/h6-7,9,12H,3-5,8H2,1-2H3,(H,19,20,21). The van der Waals surface area contributed by atoms with Gasteiger partial charge in [-0.3, -0.25) is 10.1 Å². The summed E-state index contributed by atoms with van der Waals surface area (Å²) in [6.45, 7) is 4.83. The van der Waals surface area contributed by atoms with Gasteiger partial charge in [0.1, 0.15) is 12.1 Å². The first-order chi connectivity index (χ1) is 12.5. The minimum absolute atomic E-state index is 0.0236. The van der Waals surface area contributed by atoms with Crippen molar-refractivity contribution >= 4 is 23.1 Å². The Balaban J connectivity index is 1.86. The van der Waals surface area contributed by atoms with Crippen LogP contribution >= 0.6 is 11.6 Å². The average molecular weight is 379 g/mol. The molecule has 0 bridgehead atoms. The molecule has 138 valence electrons. The first-order valence-corrected chi connectivity index (χ1v) is 8.63. The molecule has 26 heavy (non-hydrogen) atoms. The maximum Gasteiger partial charge on any atom is 0.373 e. The summed E-state index contributed by atoms with van der Waals surface area (Å²) in [5.41, 5.74) is 1.32. The molecule has 1 saturated heterocycles. The first kappa shape index (κ1) is 18.3. The number of rotatable bonds is 6. The molecule has 0 amide bonds. The predicted octanol–water partition coefficient (Wildman–Crippen LogP) is 4.04. The van der Waals surface area contributed by atoms with Crippen LogP contribution in [0, 0.1) is 24.0 Å².